The van der Waals surface area contributed by atoms with Crippen LogP contribution in [0, 0.1) is 0 Å². The fraction of sp³-hybridized carbons (Fsp3) is 0.250. The van der Waals surface area contributed by atoms with Crippen LogP contribution in [-0.2, 0) is 0 Å². The molecule has 0 aliphatic heterocycles. The van der Waals surface area contributed by atoms with Crippen LogP contribution in [0.2, 0.25) is 0 Å². The first-order chi connectivity index (χ1) is 5.74. The number of carbonyl (C=O) groups is 1. The molecule has 64 valence electrons. The minimum Gasteiger partial charge on any atom is -0.478 e. The van der Waals surface area contributed by atoms with Crippen LogP contribution in [0.1, 0.15) is 17.4 Å². The summed E-state index contributed by atoms with van der Waals surface area (Å²) < 4.78 is 5.02. The maximum Gasteiger partial charge on any atom is 0.354 e. The predicted molar refractivity (Wildman–Crippen MR) is 42.4 cm³/mol. The number of nitrogens with zero attached hydrogens (tertiary/aromatic N) is 1. The summed E-state index contributed by atoms with van der Waals surface area (Å²) in [6.45, 7) is 2.30. The fourth-order valence-corrected chi connectivity index (χ4v) is 0.762. The molecule has 1 aromatic heterocycles. The molecule has 0 radical (unpaired) electrons. The Morgan fingerprint density at radius 2 is 2.42 bits per heavy atom. The highest BCUT2D eigenvalue weighted by Gasteiger charge is 2.04. The molecule has 0 aliphatic rings. The number of carboxylic acids is 1. The molecule has 4 nitrogen and oxygen atoms in total. The topological polar surface area (TPSA) is 59.4 Å². The Morgan fingerprint density at radius 1 is 1.67 bits per heavy atom. The molecular weight excluding hydrogens is 158 g/mol. The van der Waals surface area contributed by atoms with E-state index >= 15 is 0 Å². The van der Waals surface area contributed by atoms with Gasteiger partial charge in [-0.1, -0.05) is 6.07 Å². The van der Waals surface area contributed by atoms with E-state index < -0.39 is 5.97 Å². The van der Waals surface area contributed by atoms with E-state index in [4.69, 9.17) is 9.84 Å². The van der Waals surface area contributed by atoms with E-state index in [2.05, 4.69) is 4.98 Å². The third-order valence-electron chi connectivity index (χ3n) is 1.23. The molecule has 1 rings (SSSR count). The lowest BCUT2D eigenvalue weighted by molar-refractivity contribution is 0.0689. The van der Waals surface area contributed by atoms with Crippen molar-refractivity contribution in [2.75, 3.05) is 6.61 Å². The van der Waals surface area contributed by atoms with Gasteiger partial charge in [0.2, 0.25) is 5.88 Å². The lowest BCUT2D eigenvalue weighted by atomic mass is 10.3. The number of aromatic carboxylic acids is 1. The van der Waals surface area contributed by atoms with Gasteiger partial charge >= 0.3 is 5.97 Å². The van der Waals surface area contributed by atoms with Gasteiger partial charge in [0.1, 0.15) is 0 Å². The van der Waals surface area contributed by atoms with Gasteiger partial charge in [0, 0.05) is 6.07 Å². The van der Waals surface area contributed by atoms with Crippen LogP contribution in [0.3, 0.4) is 0 Å². The molecule has 0 amide bonds. The number of rotatable bonds is 3. The molecule has 0 atom stereocenters. The molecule has 1 aromatic rings. The predicted octanol–water partition coefficient (Wildman–Crippen LogP) is 1.18. The summed E-state index contributed by atoms with van der Waals surface area (Å²) >= 11 is 0. The van der Waals surface area contributed by atoms with Crippen molar-refractivity contribution in [2.24, 2.45) is 0 Å². The minimum atomic E-state index is -1.04. The van der Waals surface area contributed by atoms with Gasteiger partial charge in [-0.15, -0.1) is 0 Å². The van der Waals surface area contributed by atoms with Gasteiger partial charge in [0.05, 0.1) is 6.61 Å². The number of pyridine rings is 1. The van der Waals surface area contributed by atoms with Crippen molar-refractivity contribution in [2.45, 2.75) is 6.92 Å². The average Bonchev–Trinajstić information content (AvgIpc) is 2.05. The number of ether oxygens (including phenoxy) is 1. The average molecular weight is 167 g/mol. The first kappa shape index (κ1) is 8.52. The lowest BCUT2D eigenvalue weighted by Gasteiger charge is -2.01. The minimum absolute atomic E-state index is 0.000880. The smallest absolute Gasteiger partial charge is 0.354 e. The van der Waals surface area contributed by atoms with Gasteiger partial charge in [-0.05, 0) is 13.0 Å². The van der Waals surface area contributed by atoms with Crippen molar-refractivity contribution in [1.82, 2.24) is 4.98 Å². The molecule has 4 heteroatoms. The highest BCUT2D eigenvalue weighted by Crippen LogP contribution is 2.06. The van der Waals surface area contributed by atoms with Crippen molar-refractivity contribution in [3.63, 3.8) is 0 Å². The molecule has 0 fully saturated rings. The zero-order chi connectivity index (χ0) is 8.97. The monoisotopic (exact) mass is 167 g/mol. The summed E-state index contributed by atoms with van der Waals surface area (Å²) in [7, 11) is 0. The van der Waals surface area contributed by atoms with Crippen molar-refractivity contribution < 1.29 is 14.6 Å². The third kappa shape index (κ3) is 1.95. The van der Waals surface area contributed by atoms with E-state index in [1.54, 1.807) is 12.1 Å². The number of hydrogen-bond acceptors (Lipinski definition) is 3. The Hall–Kier alpha value is -1.58. The lowest BCUT2D eigenvalue weighted by Crippen LogP contribution is -2.02. The van der Waals surface area contributed by atoms with Crippen molar-refractivity contribution in [3.05, 3.63) is 23.9 Å². The Labute approximate surface area is 69.8 Å². The molecule has 12 heavy (non-hydrogen) atoms. The van der Waals surface area contributed by atoms with Crippen LogP contribution < -0.4 is 4.74 Å². The Bertz CT molecular complexity index is 285. The molecule has 0 bridgehead atoms. The van der Waals surface area contributed by atoms with Gasteiger partial charge in [-0.25, -0.2) is 9.78 Å². The van der Waals surface area contributed by atoms with Crippen molar-refractivity contribution in [3.8, 4) is 5.88 Å². The fourth-order valence-electron chi connectivity index (χ4n) is 0.762. The molecule has 1 heterocycles. The van der Waals surface area contributed by atoms with Crippen LogP contribution in [0.5, 0.6) is 5.88 Å². The summed E-state index contributed by atoms with van der Waals surface area (Å²) in [5.74, 6) is -0.700. The van der Waals surface area contributed by atoms with E-state index in [1.165, 1.54) is 6.07 Å². The summed E-state index contributed by atoms with van der Waals surface area (Å²) in [4.78, 5) is 14.2. The second-order valence-electron chi connectivity index (χ2n) is 2.10. The standard InChI is InChI=1S/C8H9NO3/c1-2-12-7-5-3-4-6(9-7)8(10)11/h3-5H,2H2,1H3,(H,10,11). The van der Waals surface area contributed by atoms with Crippen LogP contribution in [0.25, 0.3) is 0 Å². The maximum absolute atomic E-state index is 10.4. The quantitative estimate of drug-likeness (QED) is 0.734. The molecule has 0 aliphatic carbocycles. The van der Waals surface area contributed by atoms with Gasteiger partial charge < -0.3 is 9.84 Å². The largest absolute Gasteiger partial charge is 0.478 e. The first-order valence-corrected chi connectivity index (χ1v) is 3.57. The third-order valence-corrected chi connectivity index (χ3v) is 1.23. The van der Waals surface area contributed by atoms with Crippen LogP contribution in [0.4, 0.5) is 0 Å². The Kier molecular flexibility index (Phi) is 2.63. The molecule has 0 unspecified atom stereocenters. The second kappa shape index (κ2) is 3.71. The maximum atomic E-state index is 10.4. The normalized spacial score (nSPS) is 9.42. The van der Waals surface area contributed by atoms with E-state index in [1.807, 2.05) is 6.92 Å². The van der Waals surface area contributed by atoms with E-state index in [-0.39, 0.29) is 5.69 Å². The van der Waals surface area contributed by atoms with Crippen LogP contribution in [0.15, 0.2) is 18.2 Å². The Morgan fingerprint density at radius 3 is 3.00 bits per heavy atom. The summed E-state index contributed by atoms with van der Waals surface area (Å²) in [6.07, 6.45) is 0. The number of aromatic nitrogens is 1. The molecule has 0 saturated heterocycles. The Balaban J connectivity index is 2.88. The zero-order valence-electron chi connectivity index (χ0n) is 6.65. The summed E-state index contributed by atoms with van der Waals surface area (Å²) in [6, 6.07) is 4.64. The molecule has 0 spiro atoms. The van der Waals surface area contributed by atoms with Crippen LogP contribution in [-0.4, -0.2) is 22.7 Å². The van der Waals surface area contributed by atoms with Gasteiger partial charge in [-0.3, -0.25) is 0 Å². The summed E-state index contributed by atoms with van der Waals surface area (Å²) in [5, 5.41) is 8.56. The SMILES string of the molecule is CCOc1cccc(C(=O)O)n1. The highest BCUT2D eigenvalue weighted by atomic mass is 16.5. The van der Waals surface area contributed by atoms with E-state index in [9.17, 15) is 4.79 Å². The molecular formula is C8H9NO3. The second-order valence-corrected chi connectivity index (χ2v) is 2.10. The van der Waals surface area contributed by atoms with Crippen molar-refractivity contribution in [1.29, 1.82) is 0 Å². The van der Waals surface area contributed by atoms with Crippen LogP contribution >= 0.6 is 0 Å². The van der Waals surface area contributed by atoms with Crippen molar-refractivity contribution >= 4 is 5.97 Å². The van der Waals surface area contributed by atoms with Gasteiger partial charge in [0.25, 0.3) is 0 Å². The van der Waals surface area contributed by atoms with E-state index in [0.29, 0.717) is 12.5 Å². The van der Waals surface area contributed by atoms with Gasteiger partial charge in [0.15, 0.2) is 5.69 Å². The first-order valence-electron chi connectivity index (χ1n) is 3.57. The number of carboxylic acid groups (broad SMARTS) is 1. The van der Waals surface area contributed by atoms with E-state index in [0.717, 1.165) is 0 Å². The zero-order valence-corrected chi connectivity index (χ0v) is 6.65. The van der Waals surface area contributed by atoms with Gasteiger partial charge in [-0.2, -0.15) is 0 Å². The number of hydrogen-bond donors (Lipinski definition) is 1. The highest BCUT2D eigenvalue weighted by molar-refractivity contribution is 5.85. The molecule has 0 saturated carbocycles. The molecule has 0 aromatic carbocycles. The summed E-state index contributed by atoms with van der Waals surface area (Å²) in [5.41, 5.74) is 0.000880. The molecule has 1 N–H and O–H groups in total.